The fourth-order valence-corrected chi connectivity index (χ4v) is 2.09. The van der Waals surface area contributed by atoms with Crippen molar-refractivity contribution in [3.63, 3.8) is 0 Å². The summed E-state index contributed by atoms with van der Waals surface area (Å²) in [6.45, 7) is 2.23. The van der Waals surface area contributed by atoms with Crippen molar-refractivity contribution in [1.82, 2.24) is 5.32 Å². The molecule has 1 amide bonds. The number of benzene rings is 1. The van der Waals surface area contributed by atoms with Gasteiger partial charge in [0.1, 0.15) is 0 Å². The lowest BCUT2D eigenvalue weighted by Gasteiger charge is -2.13. The van der Waals surface area contributed by atoms with Crippen molar-refractivity contribution in [1.29, 1.82) is 0 Å². The van der Waals surface area contributed by atoms with E-state index in [-0.39, 0.29) is 11.9 Å². The van der Waals surface area contributed by atoms with Crippen molar-refractivity contribution in [3.8, 4) is 0 Å². The molecule has 2 N–H and O–H groups in total. The van der Waals surface area contributed by atoms with Crippen molar-refractivity contribution < 1.29 is 17.9 Å². The summed E-state index contributed by atoms with van der Waals surface area (Å²) in [5.41, 5.74) is 0.742. The van der Waals surface area contributed by atoms with Gasteiger partial charge in [-0.3, -0.25) is 9.52 Å². The van der Waals surface area contributed by atoms with E-state index >= 15 is 0 Å². The van der Waals surface area contributed by atoms with Crippen LogP contribution in [-0.4, -0.2) is 40.3 Å². The lowest BCUT2D eigenvalue weighted by Crippen LogP contribution is -2.35. The zero-order valence-electron chi connectivity index (χ0n) is 11.1. The van der Waals surface area contributed by atoms with E-state index in [0.29, 0.717) is 17.9 Å². The third-order valence-electron chi connectivity index (χ3n) is 2.22. The number of rotatable bonds is 6. The minimum absolute atomic E-state index is 0.121. The zero-order chi connectivity index (χ0) is 14.5. The Morgan fingerprint density at radius 2 is 2.11 bits per heavy atom. The highest BCUT2D eigenvalue weighted by atomic mass is 32.2. The number of sulfonamides is 1. The molecule has 1 atom stereocenters. The molecule has 106 valence electrons. The second kappa shape index (κ2) is 6.53. The molecule has 0 fully saturated rings. The largest absolute Gasteiger partial charge is 0.383 e. The summed E-state index contributed by atoms with van der Waals surface area (Å²) >= 11 is 0. The van der Waals surface area contributed by atoms with Gasteiger partial charge in [-0.2, -0.15) is 0 Å². The summed E-state index contributed by atoms with van der Waals surface area (Å²) < 4.78 is 29.5. The van der Waals surface area contributed by atoms with Crippen molar-refractivity contribution in [2.45, 2.75) is 13.0 Å². The molecule has 0 bridgehead atoms. The minimum atomic E-state index is -3.35. The molecule has 19 heavy (non-hydrogen) atoms. The molecule has 0 saturated carbocycles. The Kier molecular flexibility index (Phi) is 5.31. The molecule has 1 aromatic carbocycles. The standard InChI is InChI=1S/C12H18N2O4S/c1-9(8-18-2)13-12(15)10-5-4-6-11(7-10)14-19(3,16)17/h4-7,9,14H,8H2,1-3H3,(H,13,15)/t9-/m0/s1. The van der Waals surface area contributed by atoms with E-state index in [2.05, 4.69) is 10.0 Å². The van der Waals surface area contributed by atoms with Gasteiger partial charge in [-0.25, -0.2) is 8.42 Å². The molecule has 7 heteroatoms. The Morgan fingerprint density at radius 1 is 1.42 bits per heavy atom. The Hall–Kier alpha value is -1.60. The monoisotopic (exact) mass is 286 g/mol. The Balaban J connectivity index is 2.78. The van der Waals surface area contributed by atoms with Crippen molar-refractivity contribution in [2.24, 2.45) is 0 Å². The smallest absolute Gasteiger partial charge is 0.251 e. The second-order valence-electron chi connectivity index (χ2n) is 4.28. The van der Waals surface area contributed by atoms with E-state index < -0.39 is 10.0 Å². The van der Waals surface area contributed by atoms with Crippen molar-refractivity contribution in [2.75, 3.05) is 24.7 Å². The van der Waals surface area contributed by atoms with E-state index in [1.807, 2.05) is 6.92 Å². The van der Waals surface area contributed by atoms with Gasteiger partial charge in [0.15, 0.2) is 0 Å². The van der Waals surface area contributed by atoms with Gasteiger partial charge in [-0.15, -0.1) is 0 Å². The van der Waals surface area contributed by atoms with E-state index in [1.54, 1.807) is 25.3 Å². The number of ether oxygens (including phenoxy) is 1. The molecule has 0 aliphatic heterocycles. The van der Waals surface area contributed by atoms with Gasteiger partial charge in [-0.05, 0) is 25.1 Å². The Labute approximate surface area is 113 Å². The maximum Gasteiger partial charge on any atom is 0.251 e. The molecule has 0 aromatic heterocycles. The first-order chi connectivity index (χ1) is 8.81. The molecular weight excluding hydrogens is 268 g/mol. The third-order valence-corrected chi connectivity index (χ3v) is 2.83. The second-order valence-corrected chi connectivity index (χ2v) is 6.03. The van der Waals surface area contributed by atoms with Crippen LogP contribution in [0.1, 0.15) is 17.3 Å². The summed E-state index contributed by atoms with van der Waals surface area (Å²) in [6, 6.07) is 6.17. The van der Waals surface area contributed by atoms with Crippen LogP contribution in [0.4, 0.5) is 5.69 Å². The predicted molar refractivity (Wildman–Crippen MR) is 73.7 cm³/mol. The van der Waals surface area contributed by atoms with Gasteiger partial charge in [0.25, 0.3) is 5.91 Å². The van der Waals surface area contributed by atoms with Gasteiger partial charge in [0.05, 0.1) is 12.9 Å². The maximum absolute atomic E-state index is 11.9. The lowest BCUT2D eigenvalue weighted by molar-refractivity contribution is 0.0905. The molecule has 0 unspecified atom stereocenters. The molecule has 6 nitrogen and oxygen atoms in total. The molecule has 0 saturated heterocycles. The summed E-state index contributed by atoms with van der Waals surface area (Å²) in [6.07, 6.45) is 1.06. The van der Waals surface area contributed by atoms with Crippen molar-refractivity contribution >= 4 is 21.6 Å². The minimum Gasteiger partial charge on any atom is -0.383 e. The first-order valence-corrected chi connectivity index (χ1v) is 7.58. The summed E-state index contributed by atoms with van der Waals surface area (Å²) in [4.78, 5) is 11.9. The molecule has 0 heterocycles. The molecule has 0 spiro atoms. The van der Waals surface area contributed by atoms with E-state index in [0.717, 1.165) is 6.26 Å². The number of carbonyl (C=O) groups excluding carboxylic acids is 1. The van der Waals surface area contributed by atoms with Crippen LogP contribution < -0.4 is 10.0 Å². The fourth-order valence-electron chi connectivity index (χ4n) is 1.54. The molecule has 1 rings (SSSR count). The number of methoxy groups -OCH3 is 1. The summed E-state index contributed by atoms with van der Waals surface area (Å²) in [5, 5.41) is 2.75. The number of hydrogen-bond acceptors (Lipinski definition) is 4. The van der Waals surface area contributed by atoms with E-state index in [4.69, 9.17) is 4.74 Å². The highest BCUT2D eigenvalue weighted by molar-refractivity contribution is 7.92. The van der Waals surface area contributed by atoms with Crippen LogP contribution in [0, 0.1) is 0 Å². The van der Waals surface area contributed by atoms with E-state index in [1.165, 1.54) is 6.07 Å². The van der Waals surface area contributed by atoms with Crippen molar-refractivity contribution in [3.05, 3.63) is 29.8 Å². The average Bonchev–Trinajstić information content (AvgIpc) is 2.27. The van der Waals surface area contributed by atoms with Gasteiger partial charge in [-0.1, -0.05) is 6.07 Å². The summed E-state index contributed by atoms with van der Waals surface area (Å²) in [5.74, 6) is -0.276. The number of nitrogens with one attached hydrogen (secondary N) is 2. The predicted octanol–water partition coefficient (Wildman–Crippen LogP) is 0.823. The van der Waals surface area contributed by atoms with Crippen LogP contribution in [0.15, 0.2) is 24.3 Å². The van der Waals surface area contributed by atoms with Gasteiger partial charge < -0.3 is 10.1 Å². The first kappa shape index (κ1) is 15.5. The van der Waals surface area contributed by atoms with Crippen LogP contribution in [0.5, 0.6) is 0 Å². The number of anilines is 1. The normalized spacial score (nSPS) is 12.8. The van der Waals surface area contributed by atoms with Crippen LogP contribution >= 0.6 is 0 Å². The van der Waals surface area contributed by atoms with Crippen LogP contribution in [0.3, 0.4) is 0 Å². The van der Waals surface area contributed by atoms with Gasteiger partial charge in [0, 0.05) is 24.4 Å². The van der Waals surface area contributed by atoms with Crippen LogP contribution in [-0.2, 0) is 14.8 Å². The Bertz CT molecular complexity index is 542. The SMILES string of the molecule is COC[C@H](C)NC(=O)c1cccc(NS(C)(=O)=O)c1. The highest BCUT2D eigenvalue weighted by Gasteiger charge is 2.11. The first-order valence-electron chi connectivity index (χ1n) is 5.69. The van der Waals surface area contributed by atoms with Gasteiger partial charge in [0.2, 0.25) is 10.0 Å². The third kappa shape index (κ3) is 5.71. The number of amides is 1. The quantitative estimate of drug-likeness (QED) is 0.811. The Morgan fingerprint density at radius 3 is 2.68 bits per heavy atom. The van der Waals surface area contributed by atoms with Crippen LogP contribution in [0.2, 0.25) is 0 Å². The number of carbonyl (C=O) groups is 1. The fraction of sp³-hybridized carbons (Fsp3) is 0.417. The molecule has 0 radical (unpaired) electrons. The zero-order valence-corrected chi connectivity index (χ0v) is 12.0. The summed E-state index contributed by atoms with van der Waals surface area (Å²) in [7, 11) is -1.80. The maximum atomic E-state index is 11.9. The van der Waals surface area contributed by atoms with Gasteiger partial charge >= 0.3 is 0 Å². The highest BCUT2D eigenvalue weighted by Crippen LogP contribution is 2.12. The van der Waals surface area contributed by atoms with Crippen LogP contribution in [0.25, 0.3) is 0 Å². The molecular formula is C12H18N2O4S. The lowest BCUT2D eigenvalue weighted by atomic mass is 10.2. The number of hydrogen-bond donors (Lipinski definition) is 2. The molecule has 1 aromatic rings. The van der Waals surface area contributed by atoms with E-state index in [9.17, 15) is 13.2 Å². The average molecular weight is 286 g/mol. The molecule has 0 aliphatic carbocycles. The molecule has 0 aliphatic rings. The topological polar surface area (TPSA) is 84.5 Å².